The maximum Gasteiger partial charge on any atom is 0.0992 e. The van der Waals surface area contributed by atoms with Gasteiger partial charge in [0, 0.05) is 23.8 Å². The van der Waals surface area contributed by atoms with Gasteiger partial charge in [-0.25, -0.2) is 0 Å². The summed E-state index contributed by atoms with van der Waals surface area (Å²) in [4.78, 5) is 1.99. The zero-order chi connectivity index (χ0) is 13.7. The maximum absolute atomic E-state index is 9.79. The van der Waals surface area contributed by atoms with Gasteiger partial charge in [0.1, 0.15) is 0 Å². The van der Waals surface area contributed by atoms with Crippen LogP contribution in [0.2, 0.25) is 0 Å². The molecule has 4 nitrogen and oxygen atoms in total. The quantitative estimate of drug-likeness (QED) is 0.834. The highest BCUT2D eigenvalue weighted by molar-refractivity contribution is 5.59. The first kappa shape index (κ1) is 14.5. The molecule has 0 aliphatic carbocycles. The minimum Gasteiger partial charge on any atom is -0.395 e. The van der Waals surface area contributed by atoms with Crippen molar-refractivity contribution in [2.45, 2.75) is 32.9 Å². The van der Waals surface area contributed by atoms with Crippen molar-refractivity contribution < 1.29 is 10.2 Å². The van der Waals surface area contributed by atoms with Crippen molar-refractivity contribution in [1.82, 2.24) is 0 Å². The van der Waals surface area contributed by atoms with Crippen LogP contribution in [0, 0.1) is 11.3 Å². The molecular formula is C14H20N2O2. The first-order chi connectivity index (χ1) is 8.51. The van der Waals surface area contributed by atoms with Crippen molar-refractivity contribution in [3.05, 3.63) is 29.3 Å². The van der Waals surface area contributed by atoms with Crippen molar-refractivity contribution in [1.29, 1.82) is 5.26 Å². The average Bonchev–Trinajstić information content (AvgIpc) is 2.34. The van der Waals surface area contributed by atoms with Crippen LogP contribution in [0.1, 0.15) is 38.0 Å². The second-order valence-electron chi connectivity index (χ2n) is 4.57. The first-order valence-electron chi connectivity index (χ1n) is 6.10. The standard InChI is InChI=1S/C14H20N2O2/c1-10(2)16(6-7-17)14-8-12(9-15)4-5-13(14)11(3)18/h4-5,8,10-11,17-18H,6-7H2,1-3H3. The Morgan fingerprint density at radius 1 is 1.33 bits per heavy atom. The molecule has 0 aliphatic rings. The predicted octanol–water partition coefficient (Wildman–Crippen LogP) is 1.82. The Bertz CT molecular complexity index is 436. The highest BCUT2D eigenvalue weighted by atomic mass is 16.3. The zero-order valence-corrected chi connectivity index (χ0v) is 11.1. The van der Waals surface area contributed by atoms with Gasteiger partial charge in [-0.05, 0) is 32.9 Å². The Morgan fingerprint density at radius 3 is 2.44 bits per heavy atom. The van der Waals surface area contributed by atoms with E-state index in [0.29, 0.717) is 12.1 Å². The molecule has 0 aromatic heterocycles. The molecule has 1 atom stereocenters. The summed E-state index contributed by atoms with van der Waals surface area (Å²) in [7, 11) is 0. The van der Waals surface area contributed by atoms with Crippen molar-refractivity contribution >= 4 is 5.69 Å². The van der Waals surface area contributed by atoms with Gasteiger partial charge < -0.3 is 15.1 Å². The first-order valence-corrected chi connectivity index (χ1v) is 6.10. The highest BCUT2D eigenvalue weighted by Gasteiger charge is 2.17. The molecule has 0 aliphatic heterocycles. The number of anilines is 1. The molecule has 0 radical (unpaired) electrons. The van der Waals surface area contributed by atoms with Crippen LogP contribution in [0.5, 0.6) is 0 Å². The molecule has 0 saturated carbocycles. The van der Waals surface area contributed by atoms with Gasteiger partial charge in [-0.1, -0.05) is 6.07 Å². The third kappa shape index (κ3) is 3.22. The van der Waals surface area contributed by atoms with Crippen molar-refractivity contribution in [2.75, 3.05) is 18.1 Å². The van der Waals surface area contributed by atoms with Crippen LogP contribution in [-0.2, 0) is 0 Å². The van der Waals surface area contributed by atoms with E-state index >= 15 is 0 Å². The van der Waals surface area contributed by atoms with Gasteiger partial charge in [0.2, 0.25) is 0 Å². The van der Waals surface area contributed by atoms with Crippen LogP contribution in [0.25, 0.3) is 0 Å². The maximum atomic E-state index is 9.79. The van der Waals surface area contributed by atoms with Crippen molar-refractivity contribution in [3.63, 3.8) is 0 Å². The molecule has 4 heteroatoms. The van der Waals surface area contributed by atoms with Gasteiger partial charge in [0.05, 0.1) is 24.3 Å². The third-order valence-electron chi connectivity index (χ3n) is 2.88. The number of nitriles is 1. The monoisotopic (exact) mass is 248 g/mol. The number of aliphatic hydroxyl groups excluding tert-OH is 2. The Hall–Kier alpha value is -1.57. The minimum atomic E-state index is -0.604. The van der Waals surface area contributed by atoms with Gasteiger partial charge in [-0.3, -0.25) is 0 Å². The van der Waals surface area contributed by atoms with E-state index in [1.807, 2.05) is 18.7 Å². The van der Waals surface area contributed by atoms with Crippen LogP contribution in [0.4, 0.5) is 5.69 Å². The van der Waals surface area contributed by atoms with Gasteiger partial charge >= 0.3 is 0 Å². The van der Waals surface area contributed by atoms with Crippen LogP contribution >= 0.6 is 0 Å². The van der Waals surface area contributed by atoms with E-state index in [9.17, 15) is 5.11 Å². The van der Waals surface area contributed by atoms with Gasteiger partial charge in [-0.2, -0.15) is 5.26 Å². The number of aliphatic hydroxyl groups is 2. The number of nitrogens with zero attached hydrogens (tertiary/aromatic N) is 2. The average molecular weight is 248 g/mol. The summed E-state index contributed by atoms with van der Waals surface area (Å²) in [5.41, 5.74) is 2.14. The fourth-order valence-corrected chi connectivity index (χ4v) is 1.98. The molecule has 1 aromatic rings. The molecule has 0 bridgehead atoms. The highest BCUT2D eigenvalue weighted by Crippen LogP contribution is 2.28. The summed E-state index contributed by atoms with van der Waals surface area (Å²) in [6, 6.07) is 7.51. The van der Waals surface area contributed by atoms with Crippen molar-refractivity contribution in [3.8, 4) is 6.07 Å². The van der Waals surface area contributed by atoms with Crippen LogP contribution < -0.4 is 4.90 Å². The summed E-state index contributed by atoms with van der Waals surface area (Å²) in [5, 5.41) is 27.9. The van der Waals surface area contributed by atoms with E-state index in [1.165, 1.54) is 0 Å². The number of benzene rings is 1. The van der Waals surface area contributed by atoms with E-state index in [2.05, 4.69) is 6.07 Å². The van der Waals surface area contributed by atoms with Crippen molar-refractivity contribution in [2.24, 2.45) is 0 Å². The molecule has 0 heterocycles. The van der Waals surface area contributed by atoms with E-state index in [-0.39, 0.29) is 12.6 Å². The zero-order valence-electron chi connectivity index (χ0n) is 11.1. The topological polar surface area (TPSA) is 67.5 Å². The molecule has 1 rings (SSSR count). The van der Waals surface area contributed by atoms with Gasteiger partial charge in [0.25, 0.3) is 0 Å². The van der Waals surface area contributed by atoms with Crippen LogP contribution in [-0.4, -0.2) is 29.4 Å². The second kappa shape index (κ2) is 6.39. The summed E-state index contributed by atoms with van der Waals surface area (Å²) in [5.74, 6) is 0. The molecule has 0 fully saturated rings. The molecule has 0 spiro atoms. The van der Waals surface area contributed by atoms with E-state index in [0.717, 1.165) is 11.3 Å². The fraction of sp³-hybridized carbons (Fsp3) is 0.500. The molecule has 98 valence electrons. The number of hydrogen-bond donors (Lipinski definition) is 2. The van der Waals surface area contributed by atoms with Crippen LogP contribution in [0.3, 0.4) is 0 Å². The molecule has 1 unspecified atom stereocenters. The molecule has 18 heavy (non-hydrogen) atoms. The summed E-state index contributed by atoms with van der Waals surface area (Å²) < 4.78 is 0. The lowest BCUT2D eigenvalue weighted by molar-refractivity contribution is 0.199. The van der Waals surface area contributed by atoms with E-state index in [4.69, 9.17) is 10.4 Å². The van der Waals surface area contributed by atoms with Gasteiger partial charge in [0.15, 0.2) is 0 Å². The number of hydrogen-bond acceptors (Lipinski definition) is 4. The Kier molecular flexibility index (Phi) is 5.14. The fourth-order valence-electron chi connectivity index (χ4n) is 1.98. The SMILES string of the molecule is CC(O)c1ccc(C#N)cc1N(CCO)C(C)C. The largest absolute Gasteiger partial charge is 0.395 e. The number of rotatable bonds is 5. The lowest BCUT2D eigenvalue weighted by Gasteiger charge is -2.31. The molecule has 0 amide bonds. The molecule has 2 N–H and O–H groups in total. The lowest BCUT2D eigenvalue weighted by Crippen LogP contribution is -2.34. The minimum absolute atomic E-state index is 0.0359. The smallest absolute Gasteiger partial charge is 0.0992 e. The van der Waals surface area contributed by atoms with E-state index < -0.39 is 6.10 Å². The summed E-state index contributed by atoms with van der Waals surface area (Å²) >= 11 is 0. The Balaban J connectivity index is 3.28. The van der Waals surface area contributed by atoms with Crippen LogP contribution in [0.15, 0.2) is 18.2 Å². The molecular weight excluding hydrogens is 228 g/mol. The summed E-state index contributed by atoms with van der Waals surface area (Å²) in [6.45, 7) is 6.24. The van der Waals surface area contributed by atoms with Gasteiger partial charge in [-0.15, -0.1) is 0 Å². The molecule has 0 saturated heterocycles. The normalized spacial score (nSPS) is 12.3. The summed E-state index contributed by atoms with van der Waals surface area (Å²) in [6.07, 6.45) is -0.604. The third-order valence-corrected chi connectivity index (χ3v) is 2.88. The van der Waals surface area contributed by atoms with E-state index in [1.54, 1.807) is 25.1 Å². The lowest BCUT2D eigenvalue weighted by atomic mass is 10.0. The molecule has 1 aromatic carbocycles. The Morgan fingerprint density at radius 2 is 2.00 bits per heavy atom. The Labute approximate surface area is 108 Å². The second-order valence-corrected chi connectivity index (χ2v) is 4.57. The predicted molar refractivity (Wildman–Crippen MR) is 71.4 cm³/mol.